The summed E-state index contributed by atoms with van der Waals surface area (Å²) in [6.07, 6.45) is 0. The molecule has 0 unspecified atom stereocenters. The third kappa shape index (κ3) is 3.31. The fourth-order valence-electron chi connectivity index (χ4n) is 5.64. The summed E-state index contributed by atoms with van der Waals surface area (Å²) >= 11 is 0. The molecule has 0 aliphatic heterocycles. The monoisotopic (exact) mass is 456 g/mol. The van der Waals surface area contributed by atoms with E-state index in [9.17, 15) is 0 Å². The number of fused-ring (bicyclic) bond motifs is 3. The van der Waals surface area contributed by atoms with Crippen molar-refractivity contribution in [2.45, 2.75) is 0 Å². The third-order valence-electron chi connectivity index (χ3n) is 7.25. The van der Waals surface area contributed by atoms with E-state index >= 15 is 0 Å². The van der Waals surface area contributed by atoms with Gasteiger partial charge in [0.2, 0.25) is 0 Å². The fourth-order valence-corrected chi connectivity index (χ4v) is 5.64. The Hall–Kier alpha value is -4.68. The van der Waals surface area contributed by atoms with Crippen LogP contribution in [0.25, 0.3) is 65.7 Å². The van der Waals surface area contributed by atoms with Gasteiger partial charge in [0, 0.05) is 0 Å². The Morgan fingerprint density at radius 3 is 1.44 bits per heavy atom. The molecule has 0 fully saturated rings. The van der Waals surface area contributed by atoms with Crippen molar-refractivity contribution in [1.29, 1.82) is 0 Å². The van der Waals surface area contributed by atoms with Gasteiger partial charge in [-0.2, -0.15) is 0 Å². The minimum atomic E-state index is 1.24. The summed E-state index contributed by atoms with van der Waals surface area (Å²) in [7, 11) is 0. The lowest BCUT2D eigenvalue weighted by Gasteiger charge is -2.19. The molecule has 36 heavy (non-hydrogen) atoms. The highest BCUT2D eigenvalue weighted by Crippen LogP contribution is 2.46. The van der Waals surface area contributed by atoms with Gasteiger partial charge in [0.25, 0.3) is 0 Å². The van der Waals surface area contributed by atoms with Crippen molar-refractivity contribution in [2.75, 3.05) is 0 Å². The standard InChI is InChI=1S/C36H24/c1-2-13-26(14-3-1)35-31-18-8-10-20-33(31)36(34-21-11-9-19-32(34)35)30-17-7-6-16-29(30)28-23-22-25-12-4-5-15-27(25)24-28/h1-24H. The van der Waals surface area contributed by atoms with Crippen molar-refractivity contribution in [3.8, 4) is 33.4 Å². The van der Waals surface area contributed by atoms with E-state index in [-0.39, 0.29) is 0 Å². The Balaban J connectivity index is 1.59. The largest absolute Gasteiger partial charge is 0.0622 e. The number of hydrogen-bond donors (Lipinski definition) is 0. The molecule has 0 aliphatic rings. The van der Waals surface area contributed by atoms with Crippen LogP contribution in [0, 0.1) is 0 Å². The Kier molecular flexibility index (Phi) is 4.89. The molecule has 0 bridgehead atoms. The van der Waals surface area contributed by atoms with E-state index in [1.807, 2.05) is 0 Å². The highest BCUT2D eigenvalue weighted by atomic mass is 14.2. The Morgan fingerprint density at radius 1 is 0.278 bits per heavy atom. The highest BCUT2D eigenvalue weighted by molar-refractivity contribution is 6.22. The molecule has 0 N–H and O–H groups in total. The van der Waals surface area contributed by atoms with Gasteiger partial charge in [-0.1, -0.05) is 140 Å². The highest BCUT2D eigenvalue weighted by Gasteiger charge is 2.18. The van der Waals surface area contributed by atoms with Crippen molar-refractivity contribution in [1.82, 2.24) is 0 Å². The van der Waals surface area contributed by atoms with Gasteiger partial charge in [-0.3, -0.25) is 0 Å². The van der Waals surface area contributed by atoms with Gasteiger partial charge in [0.15, 0.2) is 0 Å². The normalized spacial score (nSPS) is 11.3. The molecule has 0 radical (unpaired) electrons. The molecule has 7 aromatic carbocycles. The molecular formula is C36H24. The summed E-state index contributed by atoms with van der Waals surface area (Å²) in [5.41, 5.74) is 7.60. The van der Waals surface area contributed by atoms with Crippen LogP contribution in [0.2, 0.25) is 0 Å². The van der Waals surface area contributed by atoms with Crippen LogP contribution < -0.4 is 0 Å². The van der Waals surface area contributed by atoms with Crippen molar-refractivity contribution >= 4 is 32.3 Å². The number of rotatable bonds is 3. The molecule has 0 aliphatic carbocycles. The second-order valence-electron chi connectivity index (χ2n) is 9.31. The summed E-state index contributed by atoms with van der Waals surface area (Å²) in [5, 5.41) is 7.66. The maximum atomic E-state index is 2.32. The van der Waals surface area contributed by atoms with Gasteiger partial charge in [0.05, 0.1) is 0 Å². The lowest BCUT2D eigenvalue weighted by atomic mass is 9.84. The van der Waals surface area contributed by atoms with Crippen LogP contribution in [0.5, 0.6) is 0 Å². The first-order valence-corrected chi connectivity index (χ1v) is 12.5. The Morgan fingerprint density at radius 2 is 0.778 bits per heavy atom. The van der Waals surface area contributed by atoms with Crippen molar-refractivity contribution in [2.24, 2.45) is 0 Å². The molecule has 0 nitrogen and oxygen atoms in total. The molecule has 7 rings (SSSR count). The summed E-state index contributed by atoms with van der Waals surface area (Å²) in [4.78, 5) is 0. The lowest BCUT2D eigenvalue weighted by molar-refractivity contribution is 1.62. The average Bonchev–Trinajstić information content (AvgIpc) is 2.96. The molecule has 0 atom stereocenters. The predicted molar refractivity (Wildman–Crippen MR) is 155 cm³/mol. The van der Waals surface area contributed by atoms with Crippen LogP contribution >= 0.6 is 0 Å². The van der Waals surface area contributed by atoms with Crippen LogP contribution in [0.3, 0.4) is 0 Å². The number of benzene rings is 7. The second kappa shape index (κ2) is 8.52. The molecule has 0 saturated heterocycles. The summed E-state index contributed by atoms with van der Waals surface area (Å²) < 4.78 is 0. The quantitative estimate of drug-likeness (QED) is 0.232. The summed E-state index contributed by atoms with van der Waals surface area (Å²) in [5.74, 6) is 0. The summed E-state index contributed by atoms with van der Waals surface area (Å²) in [6, 6.07) is 52.7. The van der Waals surface area contributed by atoms with E-state index in [2.05, 4.69) is 146 Å². The maximum absolute atomic E-state index is 2.32. The first-order chi connectivity index (χ1) is 17.9. The minimum Gasteiger partial charge on any atom is -0.0622 e. The van der Waals surface area contributed by atoms with Gasteiger partial charge >= 0.3 is 0 Å². The van der Waals surface area contributed by atoms with Crippen molar-refractivity contribution in [3.63, 3.8) is 0 Å². The molecule has 0 amide bonds. The minimum absolute atomic E-state index is 1.24. The van der Waals surface area contributed by atoms with Crippen LogP contribution in [-0.2, 0) is 0 Å². The SMILES string of the molecule is c1ccc(-c2c3ccccc3c(-c3ccccc3-c3ccc4ccccc4c3)c3ccccc23)cc1. The molecule has 0 saturated carbocycles. The molecule has 0 aromatic heterocycles. The van der Waals surface area contributed by atoms with Gasteiger partial charge in [-0.15, -0.1) is 0 Å². The zero-order valence-electron chi connectivity index (χ0n) is 19.9. The molecule has 7 aromatic rings. The van der Waals surface area contributed by atoms with Gasteiger partial charge in [-0.25, -0.2) is 0 Å². The topological polar surface area (TPSA) is 0 Å². The second-order valence-corrected chi connectivity index (χ2v) is 9.31. The predicted octanol–water partition coefficient (Wildman–Crippen LogP) is 10.1. The molecule has 0 heteroatoms. The number of hydrogen-bond acceptors (Lipinski definition) is 0. The van der Waals surface area contributed by atoms with E-state index in [0.29, 0.717) is 0 Å². The fraction of sp³-hybridized carbons (Fsp3) is 0. The Bertz CT molecular complexity index is 1820. The van der Waals surface area contributed by atoms with E-state index < -0.39 is 0 Å². The van der Waals surface area contributed by atoms with Gasteiger partial charge in [0.1, 0.15) is 0 Å². The van der Waals surface area contributed by atoms with E-state index in [4.69, 9.17) is 0 Å². The van der Waals surface area contributed by atoms with E-state index in [0.717, 1.165) is 0 Å². The summed E-state index contributed by atoms with van der Waals surface area (Å²) in [6.45, 7) is 0. The molecule has 0 heterocycles. The Labute approximate surface area is 211 Å². The smallest absolute Gasteiger partial charge is 0.00201 e. The molecule has 0 spiro atoms. The van der Waals surface area contributed by atoms with Gasteiger partial charge < -0.3 is 0 Å². The zero-order valence-corrected chi connectivity index (χ0v) is 19.9. The molecule has 168 valence electrons. The zero-order chi connectivity index (χ0) is 23.9. The van der Waals surface area contributed by atoms with Crippen molar-refractivity contribution in [3.05, 3.63) is 146 Å². The van der Waals surface area contributed by atoms with Crippen LogP contribution in [0.15, 0.2) is 146 Å². The first-order valence-electron chi connectivity index (χ1n) is 12.5. The third-order valence-corrected chi connectivity index (χ3v) is 7.25. The van der Waals surface area contributed by atoms with E-state index in [1.54, 1.807) is 0 Å². The van der Waals surface area contributed by atoms with Crippen molar-refractivity contribution < 1.29 is 0 Å². The lowest BCUT2D eigenvalue weighted by Crippen LogP contribution is -1.92. The van der Waals surface area contributed by atoms with Crippen LogP contribution in [-0.4, -0.2) is 0 Å². The molecular weight excluding hydrogens is 432 g/mol. The first kappa shape index (κ1) is 20.7. The van der Waals surface area contributed by atoms with Crippen LogP contribution in [0.1, 0.15) is 0 Å². The van der Waals surface area contributed by atoms with Crippen LogP contribution in [0.4, 0.5) is 0 Å². The maximum Gasteiger partial charge on any atom is -0.00201 e. The van der Waals surface area contributed by atoms with Gasteiger partial charge in [-0.05, 0) is 71.8 Å². The average molecular weight is 457 g/mol. The van der Waals surface area contributed by atoms with E-state index in [1.165, 1.54) is 65.7 Å².